The van der Waals surface area contributed by atoms with Crippen molar-refractivity contribution in [1.82, 2.24) is 15.3 Å². The molecule has 1 aromatic carbocycles. The van der Waals surface area contributed by atoms with E-state index in [0.717, 1.165) is 11.1 Å². The maximum absolute atomic E-state index is 12.2. The Bertz CT molecular complexity index is 751. The first-order valence-corrected chi connectivity index (χ1v) is 7.98. The van der Waals surface area contributed by atoms with Gasteiger partial charge < -0.3 is 15.4 Å². The summed E-state index contributed by atoms with van der Waals surface area (Å²) in [4.78, 5) is 31.2. The van der Waals surface area contributed by atoms with Crippen LogP contribution in [-0.4, -0.2) is 33.6 Å². The van der Waals surface area contributed by atoms with E-state index in [9.17, 15) is 14.7 Å². The number of H-pyrrole nitrogens is 1. The van der Waals surface area contributed by atoms with E-state index >= 15 is 0 Å². The molecule has 0 unspecified atom stereocenters. The van der Waals surface area contributed by atoms with Crippen molar-refractivity contribution in [3.63, 3.8) is 0 Å². The predicted octanol–water partition coefficient (Wildman–Crippen LogP) is 1.88. The Morgan fingerprint density at radius 2 is 1.96 bits per heavy atom. The normalized spacial score (nSPS) is 12.2. The lowest BCUT2D eigenvalue weighted by Gasteiger charge is -2.17. The van der Waals surface area contributed by atoms with Crippen LogP contribution in [0.5, 0.6) is 0 Å². The molecule has 6 nitrogen and oxygen atoms in total. The van der Waals surface area contributed by atoms with Gasteiger partial charge in [-0.15, -0.1) is 0 Å². The summed E-state index contributed by atoms with van der Waals surface area (Å²) in [6.07, 6.45) is 1.90. The summed E-state index contributed by atoms with van der Waals surface area (Å²) in [5, 5.41) is 12.0. The summed E-state index contributed by atoms with van der Waals surface area (Å²) >= 11 is 0. The van der Waals surface area contributed by atoms with Crippen molar-refractivity contribution >= 4 is 5.91 Å². The van der Waals surface area contributed by atoms with Crippen molar-refractivity contribution in [2.45, 2.75) is 33.2 Å². The third-order valence-electron chi connectivity index (χ3n) is 3.68. The van der Waals surface area contributed by atoms with Crippen molar-refractivity contribution in [3.8, 4) is 11.4 Å². The zero-order chi connectivity index (χ0) is 17.7. The van der Waals surface area contributed by atoms with Crippen molar-refractivity contribution < 1.29 is 9.90 Å². The molecule has 0 saturated heterocycles. The molecule has 24 heavy (non-hydrogen) atoms. The third kappa shape index (κ3) is 4.52. The fourth-order valence-electron chi connectivity index (χ4n) is 2.43. The zero-order valence-corrected chi connectivity index (χ0v) is 14.2. The van der Waals surface area contributed by atoms with E-state index < -0.39 is 11.5 Å². The number of carbonyl (C=O) groups is 1. The second-order valence-corrected chi connectivity index (χ2v) is 6.32. The molecule has 0 aliphatic heterocycles. The molecular formula is C18H23N3O3. The van der Waals surface area contributed by atoms with Crippen LogP contribution in [0.1, 0.15) is 36.2 Å². The quantitative estimate of drug-likeness (QED) is 0.754. The number of aryl methyl sites for hydroxylation is 1. The first-order chi connectivity index (χ1) is 11.4. The smallest absolute Gasteiger partial charge is 0.264 e. The number of hydrogen-bond acceptors (Lipinski definition) is 4. The Hall–Kier alpha value is -2.47. The lowest BCUT2D eigenvalue weighted by Crippen LogP contribution is -2.40. The van der Waals surface area contributed by atoms with Crippen LogP contribution in [0.2, 0.25) is 0 Å². The van der Waals surface area contributed by atoms with Gasteiger partial charge in [0.15, 0.2) is 0 Å². The molecule has 1 atom stereocenters. The number of amides is 1. The number of aromatic amines is 1. The fraction of sp³-hybridized carbons (Fsp3) is 0.389. The summed E-state index contributed by atoms with van der Waals surface area (Å²) in [6, 6.07) is 7.19. The van der Waals surface area contributed by atoms with Gasteiger partial charge in [0, 0.05) is 11.8 Å². The van der Waals surface area contributed by atoms with E-state index in [1.807, 2.05) is 45.0 Å². The van der Waals surface area contributed by atoms with Crippen LogP contribution in [0, 0.1) is 12.8 Å². The Morgan fingerprint density at radius 3 is 2.50 bits per heavy atom. The summed E-state index contributed by atoms with van der Waals surface area (Å²) in [6.45, 7) is 5.80. The number of aliphatic hydroxyl groups is 1. The van der Waals surface area contributed by atoms with Gasteiger partial charge >= 0.3 is 0 Å². The number of nitrogens with zero attached hydrogens (tertiary/aromatic N) is 1. The van der Waals surface area contributed by atoms with Crippen molar-refractivity contribution in [1.29, 1.82) is 0 Å². The van der Waals surface area contributed by atoms with E-state index in [4.69, 9.17) is 0 Å². The molecular weight excluding hydrogens is 306 g/mol. The Balaban J connectivity index is 2.18. The van der Waals surface area contributed by atoms with E-state index in [2.05, 4.69) is 15.3 Å². The van der Waals surface area contributed by atoms with Crippen molar-refractivity contribution in [2.24, 2.45) is 5.92 Å². The number of carbonyl (C=O) groups excluding carboxylic acids is 1. The lowest BCUT2D eigenvalue weighted by molar-refractivity contribution is 0.0906. The third-order valence-corrected chi connectivity index (χ3v) is 3.68. The predicted molar refractivity (Wildman–Crippen MR) is 92.8 cm³/mol. The van der Waals surface area contributed by atoms with E-state index in [0.29, 0.717) is 18.2 Å². The summed E-state index contributed by atoms with van der Waals surface area (Å²) in [7, 11) is 0. The number of nitrogens with one attached hydrogen (secondary N) is 2. The molecule has 1 aromatic heterocycles. The van der Waals surface area contributed by atoms with Crippen LogP contribution in [0.4, 0.5) is 0 Å². The van der Waals surface area contributed by atoms with Crippen LogP contribution in [0.15, 0.2) is 35.3 Å². The molecule has 3 N–H and O–H groups in total. The molecule has 0 aliphatic rings. The van der Waals surface area contributed by atoms with Gasteiger partial charge in [0.05, 0.1) is 12.6 Å². The highest BCUT2D eigenvalue weighted by Crippen LogP contribution is 2.14. The van der Waals surface area contributed by atoms with Gasteiger partial charge in [0.1, 0.15) is 11.4 Å². The van der Waals surface area contributed by atoms with Crippen LogP contribution in [0.3, 0.4) is 0 Å². The molecule has 0 saturated carbocycles. The minimum absolute atomic E-state index is 0.0620. The van der Waals surface area contributed by atoms with Gasteiger partial charge in [-0.05, 0) is 19.3 Å². The summed E-state index contributed by atoms with van der Waals surface area (Å²) < 4.78 is 0. The molecule has 0 spiro atoms. The van der Waals surface area contributed by atoms with Crippen molar-refractivity contribution in [2.75, 3.05) is 6.61 Å². The van der Waals surface area contributed by atoms with Crippen LogP contribution >= 0.6 is 0 Å². The summed E-state index contributed by atoms with van der Waals surface area (Å²) in [5.74, 6) is 0.208. The Kier molecular flexibility index (Phi) is 5.87. The van der Waals surface area contributed by atoms with Crippen LogP contribution in [0.25, 0.3) is 11.4 Å². The average molecular weight is 329 g/mol. The largest absolute Gasteiger partial charge is 0.394 e. The lowest BCUT2D eigenvalue weighted by atomic mass is 10.0. The molecule has 6 heteroatoms. The summed E-state index contributed by atoms with van der Waals surface area (Å²) in [5.41, 5.74) is 1.32. The maximum atomic E-state index is 12.2. The molecule has 1 heterocycles. The SMILES string of the molecule is Cc1ccc(-c2ncc(C(=O)N[C@H](CO)CC(C)C)c(=O)[nH]2)cc1. The monoisotopic (exact) mass is 329 g/mol. The molecule has 0 bridgehead atoms. The number of benzene rings is 1. The highest BCUT2D eigenvalue weighted by molar-refractivity contribution is 5.93. The topological polar surface area (TPSA) is 95.1 Å². The van der Waals surface area contributed by atoms with E-state index in [1.54, 1.807) is 0 Å². The molecule has 0 radical (unpaired) electrons. The number of rotatable bonds is 6. The number of hydrogen-bond donors (Lipinski definition) is 3. The highest BCUT2D eigenvalue weighted by atomic mass is 16.3. The Morgan fingerprint density at radius 1 is 1.29 bits per heavy atom. The van der Waals surface area contributed by atoms with Gasteiger partial charge in [0.25, 0.3) is 11.5 Å². The van der Waals surface area contributed by atoms with Crippen LogP contribution in [-0.2, 0) is 0 Å². The molecule has 1 amide bonds. The van der Waals surface area contributed by atoms with Gasteiger partial charge in [-0.1, -0.05) is 43.7 Å². The van der Waals surface area contributed by atoms with Gasteiger partial charge in [-0.2, -0.15) is 0 Å². The second kappa shape index (κ2) is 7.88. The van der Waals surface area contributed by atoms with Crippen LogP contribution < -0.4 is 10.9 Å². The molecule has 0 fully saturated rings. The standard InChI is InChI=1S/C18H23N3O3/c1-11(2)8-14(10-22)20-17(23)15-9-19-16(21-18(15)24)13-6-4-12(3)5-7-13/h4-7,9,11,14,22H,8,10H2,1-3H3,(H,20,23)(H,19,21,24)/t14-/m0/s1. The average Bonchev–Trinajstić information content (AvgIpc) is 2.54. The minimum atomic E-state index is -0.529. The molecule has 2 rings (SSSR count). The molecule has 2 aromatic rings. The van der Waals surface area contributed by atoms with Gasteiger partial charge in [0.2, 0.25) is 0 Å². The zero-order valence-electron chi connectivity index (χ0n) is 14.2. The molecule has 0 aliphatic carbocycles. The second-order valence-electron chi connectivity index (χ2n) is 6.32. The minimum Gasteiger partial charge on any atom is -0.394 e. The molecule has 128 valence electrons. The first-order valence-electron chi connectivity index (χ1n) is 7.98. The van der Waals surface area contributed by atoms with Gasteiger partial charge in [-0.3, -0.25) is 9.59 Å². The number of aromatic nitrogens is 2. The highest BCUT2D eigenvalue weighted by Gasteiger charge is 2.17. The van der Waals surface area contributed by atoms with Crippen molar-refractivity contribution in [3.05, 3.63) is 51.9 Å². The first kappa shape index (κ1) is 17.9. The Labute approximate surface area is 141 Å². The number of aliphatic hydroxyl groups excluding tert-OH is 1. The fourth-order valence-corrected chi connectivity index (χ4v) is 2.43. The maximum Gasteiger partial charge on any atom is 0.264 e. The van der Waals surface area contributed by atoms with E-state index in [-0.39, 0.29) is 18.2 Å². The van der Waals surface area contributed by atoms with E-state index in [1.165, 1.54) is 6.20 Å². The van der Waals surface area contributed by atoms with Gasteiger partial charge in [-0.25, -0.2) is 4.98 Å².